The van der Waals surface area contributed by atoms with Crippen LogP contribution in [0.1, 0.15) is 19.3 Å². The standard InChI is InChI=1S/C11H12O3/c12-10-8-6-2-1-3-7(5-4-6)9(8)11(13)14-10/h4-9H,1-3H2/t6?,7?,8-,9?/m0/s1. The van der Waals surface area contributed by atoms with E-state index in [9.17, 15) is 9.59 Å². The van der Waals surface area contributed by atoms with Crippen LogP contribution in [-0.2, 0) is 14.3 Å². The Morgan fingerprint density at radius 2 is 1.50 bits per heavy atom. The molecular weight excluding hydrogens is 180 g/mol. The Kier molecular flexibility index (Phi) is 1.58. The highest BCUT2D eigenvalue weighted by molar-refractivity contribution is 5.97. The third-order valence-corrected chi connectivity index (χ3v) is 3.74. The molecule has 0 N–H and O–H groups in total. The number of esters is 2. The minimum absolute atomic E-state index is 0.167. The Labute approximate surface area is 82.1 Å². The van der Waals surface area contributed by atoms with Gasteiger partial charge in [0.1, 0.15) is 0 Å². The van der Waals surface area contributed by atoms with Crippen LogP contribution >= 0.6 is 0 Å². The molecule has 4 rings (SSSR count). The highest BCUT2D eigenvalue weighted by Crippen LogP contribution is 2.46. The molecule has 3 unspecified atom stereocenters. The molecule has 0 radical (unpaired) electrons. The fraction of sp³-hybridized carbons (Fsp3) is 0.636. The number of allylic oxidation sites excluding steroid dienone is 2. The molecule has 0 aromatic rings. The molecule has 0 amide bonds. The molecule has 1 saturated heterocycles. The number of rotatable bonds is 0. The van der Waals surface area contributed by atoms with E-state index in [0.29, 0.717) is 0 Å². The zero-order valence-corrected chi connectivity index (χ0v) is 7.81. The van der Waals surface area contributed by atoms with E-state index in [2.05, 4.69) is 12.2 Å². The molecule has 1 saturated carbocycles. The van der Waals surface area contributed by atoms with Crippen LogP contribution in [0.4, 0.5) is 0 Å². The second kappa shape index (κ2) is 2.69. The van der Waals surface area contributed by atoms with E-state index in [1.54, 1.807) is 0 Å². The van der Waals surface area contributed by atoms with Gasteiger partial charge >= 0.3 is 11.9 Å². The minimum Gasteiger partial charge on any atom is -0.393 e. The molecule has 2 fully saturated rings. The predicted molar refractivity (Wildman–Crippen MR) is 48.1 cm³/mol. The molecule has 14 heavy (non-hydrogen) atoms. The first-order valence-electron chi connectivity index (χ1n) is 5.21. The van der Waals surface area contributed by atoms with E-state index < -0.39 is 0 Å². The van der Waals surface area contributed by atoms with Crippen LogP contribution in [-0.4, -0.2) is 11.9 Å². The van der Waals surface area contributed by atoms with Crippen LogP contribution in [0.2, 0.25) is 0 Å². The van der Waals surface area contributed by atoms with Crippen molar-refractivity contribution in [3.8, 4) is 0 Å². The van der Waals surface area contributed by atoms with E-state index in [4.69, 9.17) is 4.74 Å². The van der Waals surface area contributed by atoms with Crippen LogP contribution < -0.4 is 0 Å². The van der Waals surface area contributed by atoms with Crippen molar-refractivity contribution in [3.05, 3.63) is 12.2 Å². The maximum atomic E-state index is 11.5. The van der Waals surface area contributed by atoms with Gasteiger partial charge in [-0.15, -0.1) is 0 Å². The van der Waals surface area contributed by atoms with Crippen molar-refractivity contribution in [1.29, 1.82) is 0 Å². The molecular formula is C11H12O3. The molecule has 0 aromatic carbocycles. The average Bonchev–Trinajstić information content (AvgIpc) is 2.42. The van der Waals surface area contributed by atoms with Crippen molar-refractivity contribution < 1.29 is 14.3 Å². The van der Waals surface area contributed by atoms with Gasteiger partial charge in [0.25, 0.3) is 0 Å². The van der Waals surface area contributed by atoms with Crippen LogP contribution in [0.15, 0.2) is 12.2 Å². The van der Waals surface area contributed by atoms with Gasteiger partial charge in [-0.05, 0) is 24.7 Å². The summed E-state index contributed by atoms with van der Waals surface area (Å²) in [6.07, 6.45) is 7.39. The van der Waals surface area contributed by atoms with E-state index in [1.165, 1.54) is 0 Å². The number of carbonyl (C=O) groups excluding carboxylic acids is 2. The van der Waals surface area contributed by atoms with Gasteiger partial charge in [0.05, 0.1) is 11.8 Å². The lowest BCUT2D eigenvalue weighted by molar-refractivity contribution is -0.154. The van der Waals surface area contributed by atoms with Crippen molar-refractivity contribution >= 4 is 11.9 Å². The first-order chi connectivity index (χ1) is 6.77. The Morgan fingerprint density at radius 1 is 1.00 bits per heavy atom. The summed E-state index contributed by atoms with van der Waals surface area (Å²) < 4.78 is 4.73. The molecule has 1 aliphatic heterocycles. The Hall–Kier alpha value is -1.12. The Balaban J connectivity index is 2.06. The number of hydrogen-bond acceptors (Lipinski definition) is 3. The fourth-order valence-corrected chi connectivity index (χ4v) is 3.08. The molecule has 3 heteroatoms. The largest absolute Gasteiger partial charge is 0.393 e. The molecule has 4 atom stereocenters. The number of carbonyl (C=O) groups is 2. The summed E-state index contributed by atoms with van der Waals surface area (Å²) in [5.74, 6) is -0.419. The number of ether oxygens (including phenoxy) is 1. The second-order valence-electron chi connectivity index (χ2n) is 4.44. The molecule has 1 heterocycles. The summed E-state index contributed by atoms with van der Waals surface area (Å²) >= 11 is 0. The van der Waals surface area contributed by atoms with E-state index >= 15 is 0 Å². The monoisotopic (exact) mass is 192 g/mol. The van der Waals surface area contributed by atoms with Gasteiger partial charge in [0.15, 0.2) is 0 Å². The van der Waals surface area contributed by atoms with Gasteiger partial charge in [0, 0.05) is 0 Å². The Morgan fingerprint density at radius 3 is 2.00 bits per heavy atom. The third kappa shape index (κ3) is 0.925. The zero-order valence-electron chi connectivity index (χ0n) is 7.81. The molecule has 0 spiro atoms. The van der Waals surface area contributed by atoms with Gasteiger partial charge in [-0.25, -0.2) is 0 Å². The second-order valence-corrected chi connectivity index (χ2v) is 4.44. The molecule has 0 aromatic heterocycles. The molecule has 4 aliphatic rings. The third-order valence-electron chi connectivity index (χ3n) is 3.74. The lowest BCUT2D eigenvalue weighted by Gasteiger charge is -2.25. The van der Waals surface area contributed by atoms with Crippen molar-refractivity contribution in [2.45, 2.75) is 19.3 Å². The van der Waals surface area contributed by atoms with E-state index in [0.717, 1.165) is 19.3 Å². The van der Waals surface area contributed by atoms with Gasteiger partial charge in [-0.1, -0.05) is 18.6 Å². The SMILES string of the molecule is O=C1OC(=O)[C@H]2C3C=CC(CCC3)C12. The number of hydrogen-bond donors (Lipinski definition) is 0. The number of fused-ring (bicyclic) bond motifs is 2. The van der Waals surface area contributed by atoms with Gasteiger partial charge in [-0.2, -0.15) is 0 Å². The molecule has 3 aliphatic carbocycles. The Bertz CT molecular complexity index is 301. The summed E-state index contributed by atoms with van der Waals surface area (Å²) in [4.78, 5) is 23.0. The zero-order chi connectivity index (χ0) is 9.71. The first-order valence-corrected chi connectivity index (χ1v) is 5.21. The maximum absolute atomic E-state index is 11.5. The van der Waals surface area contributed by atoms with Gasteiger partial charge in [0.2, 0.25) is 0 Å². The minimum atomic E-state index is -0.291. The lowest BCUT2D eigenvalue weighted by atomic mass is 9.73. The van der Waals surface area contributed by atoms with Crippen LogP contribution in [0, 0.1) is 23.7 Å². The van der Waals surface area contributed by atoms with Gasteiger partial charge < -0.3 is 4.74 Å². The van der Waals surface area contributed by atoms with Crippen molar-refractivity contribution in [2.75, 3.05) is 0 Å². The van der Waals surface area contributed by atoms with Gasteiger partial charge in [-0.3, -0.25) is 9.59 Å². The maximum Gasteiger partial charge on any atom is 0.318 e. The smallest absolute Gasteiger partial charge is 0.318 e. The van der Waals surface area contributed by atoms with E-state index in [-0.39, 0.29) is 35.6 Å². The highest BCUT2D eigenvalue weighted by atomic mass is 16.6. The summed E-state index contributed by atoms with van der Waals surface area (Å²) in [7, 11) is 0. The van der Waals surface area contributed by atoms with Crippen LogP contribution in [0.5, 0.6) is 0 Å². The molecule has 74 valence electrons. The van der Waals surface area contributed by atoms with Crippen molar-refractivity contribution in [2.24, 2.45) is 23.7 Å². The average molecular weight is 192 g/mol. The summed E-state index contributed by atoms with van der Waals surface area (Å²) in [5.41, 5.74) is 0. The lowest BCUT2D eigenvalue weighted by Crippen LogP contribution is -2.31. The van der Waals surface area contributed by atoms with Crippen molar-refractivity contribution in [1.82, 2.24) is 0 Å². The molecule has 3 nitrogen and oxygen atoms in total. The first kappa shape index (κ1) is 8.21. The summed E-state index contributed by atoms with van der Waals surface area (Å²) in [5, 5.41) is 0. The number of cyclic esters (lactones) is 2. The predicted octanol–water partition coefficient (Wildman–Crippen LogP) is 1.29. The molecule has 2 bridgehead atoms. The fourth-order valence-electron chi connectivity index (χ4n) is 3.08. The van der Waals surface area contributed by atoms with Crippen LogP contribution in [0.3, 0.4) is 0 Å². The quantitative estimate of drug-likeness (QED) is 0.330. The van der Waals surface area contributed by atoms with E-state index in [1.807, 2.05) is 0 Å². The van der Waals surface area contributed by atoms with Crippen molar-refractivity contribution in [3.63, 3.8) is 0 Å². The van der Waals surface area contributed by atoms with Crippen LogP contribution in [0.25, 0.3) is 0 Å². The summed E-state index contributed by atoms with van der Waals surface area (Å²) in [6.45, 7) is 0. The summed E-state index contributed by atoms with van der Waals surface area (Å²) in [6, 6.07) is 0. The highest BCUT2D eigenvalue weighted by Gasteiger charge is 2.53. The topological polar surface area (TPSA) is 43.4 Å². The normalized spacial score (nSPS) is 44.9.